The summed E-state index contributed by atoms with van der Waals surface area (Å²) in [6.45, 7) is 0. The third kappa shape index (κ3) is 2.45. The Morgan fingerprint density at radius 2 is 1.95 bits per heavy atom. The van der Waals surface area contributed by atoms with Gasteiger partial charge in [-0.15, -0.1) is 0 Å². The summed E-state index contributed by atoms with van der Waals surface area (Å²) in [5, 5.41) is 18.5. The second kappa shape index (κ2) is 5.38. The quantitative estimate of drug-likeness (QED) is 0.498. The van der Waals surface area contributed by atoms with Gasteiger partial charge in [-0.2, -0.15) is 0 Å². The predicted octanol–water partition coefficient (Wildman–Crippen LogP) is 2.26. The van der Waals surface area contributed by atoms with Gasteiger partial charge in [0.1, 0.15) is 11.6 Å². The first kappa shape index (κ1) is 13.9. The van der Waals surface area contributed by atoms with Crippen molar-refractivity contribution >= 4 is 16.9 Å². The Kier molecular flexibility index (Phi) is 3.40. The molecule has 6 nitrogen and oxygen atoms in total. The van der Waals surface area contributed by atoms with Crippen molar-refractivity contribution < 1.29 is 19.5 Å². The Bertz CT molecular complexity index is 883. The Morgan fingerprint density at radius 1 is 1.14 bits per heavy atom. The molecule has 22 heavy (non-hydrogen) atoms. The van der Waals surface area contributed by atoms with Crippen LogP contribution in [0.5, 0.6) is 5.75 Å². The number of carbonyl (C=O) groups excluding carboxylic acids is 1. The number of nitrogens with zero attached hydrogens (tertiary/aromatic N) is 2. The number of amides is 1. The maximum atomic E-state index is 13.3. The van der Waals surface area contributed by atoms with Crippen LogP contribution in [0, 0.1) is 5.82 Å². The molecule has 0 fully saturated rings. The molecule has 0 saturated carbocycles. The van der Waals surface area contributed by atoms with Gasteiger partial charge >= 0.3 is 0 Å². The number of nitrogens with one attached hydrogen (secondary N) is 1. The van der Waals surface area contributed by atoms with Gasteiger partial charge in [0.2, 0.25) is 0 Å². The number of aromatic hydroxyl groups is 1. The first-order chi connectivity index (χ1) is 10.6. The summed E-state index contributed by atoms with van der Waals surface area (Å²) in [4.78, 5) is 19.9. The van der Waals surface area contributed by atoms with E-state index >= 15 is 0 Å². The zero-order valence-corrected chi connectivity index (χ0v) is 11.1. The number of carbonyl (C=O) groups is 1. The minimum Gasteiger partial charge on any atom is -0.507 e. The monoisotopic (exact) mass is 299 g/mol. The first-order valence-corrected chi connectivity index (χ1v) is 6.28. The van der Waals surface area contributed by atoms with E-state index in [9.17, 15) is 14.3 Å². The van der Waals surface area contributed by atoms with Gasteiger partial charge in [0, 0.05) is 11.1 Å². The third-order valence-corrected chi connectivity index (χ3v) is 3.14. The molecule has 0 aliphatic carbocycles. The second-order valence-corrected chi connectivity index (χ2v) is 4.56. The van der Waals surface area contributed by atoms with Crippen LogP contribution in [0.15, 0.2) is 42.6 Å². The van der Waals surface area contributed by atoms with Crippen molar-refractivity contribution in [1.29, 1.82) is 0 Å². The van der Waals surface area contributed by atoms with Crippen molar-refractivity contribution in [3.8, 4) is 17.0 Å². The van der Waals surface area contributed by atoms with E-state index in [-0.39, 0.29) is 22.6 Å². The zero-order chi connectivity index (χ0) is 15.7. The highest BCUT2D eigenvalue weighted by Gasteiger charge is 2.11. The van der Waals surface area contributed by atoms with Crippen LogP contribution in [0.2, 0.25) is 0 Å². The topological polar surface area (TPSA) is 95.3 Å². The SMILES string of the molecule is O=C(NO)c1ccc2ncc(-c3cc(F)ccc3O)nc2c1. The first-order valence-electron chi connectivity index (χ1n) is 6.28. The van der Waals surface area contributed by atoms with Crippen LogP contribution in [0.3, 0.4) is 0 Å². The van der Waals surface area contributed by atoms with Crippen molar-refractivity contribution in [2.24, 2.45) is 0 Å². The summed E-state index contributed by atoms with van der Waals surface area (Å²) < 4.78 is 13.3. The van der Waals surface area contributed by atoms with Crippen LogP contribution >= 0.6 is 0 Å². The molecule has 110 valence electrons. The number of hydrogen-bond donors (Lipinski definition) is 3. The lowest BCUT2D eigenvalue weighted by molar-refractivity contribution is 0.0706. The van der Waals surface area contributed by atoms with Crippen LogP contribution in [0.4, 0.5) is 4.39 Å². The molecule has 1 heterocycles. The Hall–Kier alpha value is -3.06. The summed E-state index contributed by atoms with van der Waals surface area (Å²) in [5.74, 6) is -1.31. The smallest absolute Gasteiger partial charge is 0.274 e. The summed E-state index contributed by atoms with van der Waals surface area (Å²) in [7, 11) is 0. The fraction of sp³-hybridized carbons (Fsp3) is 0. The molecular weight excluding hydrogens is 289 g/mol. The number of hydrogen-bond acceptors (Lipinski definition) is 5. The second-order valence-electron chi connectivity index (χ2n) is 4.56. The van der Waals surface area contributed by atoms with Crippen molar-refractivity contribution in [2.45, 2.75) is 0 Å². The van der Waals surface area contributed by atoms with E-state index in [0.29, 0.717) is 11.0 Å². The lowest BCUT2D eigenvalue weighted by Crippen LogP contribution is -2.18. The normalized spacial score (nSPS) is 10.6. The molecule has 0 aliphatic heterocycles. The predicted molar refractivity (Wildman–Crippen MR) is 75.8 cm³/mol. The maximum Gasteiger partial charge on any atom is 0.274 e. The molecule has 0 atom stereocenters. The van der Waals surface area contributed by atoms with Crippen LogP contribution < -0.4 is 5.48 Å². The highest BCUT2D eigenvalue weighted by Crippen LogP contribution is 2.28. The van der Waals surface area contributed by atoms with Crippen molar-refractivity contribution in [3.05, 3.63) is 54.0 Å². The van der Waals surface area contributed by atoms with Gasteiger partial charge in [0.25, 0.3) is 5.91 Å². The number of fused-ring (bicyclic) bond motifs is 1. The van der Waals surface area contributed by atoms with Gasteiger partial charge in [0.05, 0.1) is 22.9 Å². The molecule has 1 aromatic heterocycles. The van der Waals surface area contributed by atoms with E-state index in [1.54, 1.807) is 6.07 Å². The number of rotatable bonds is 2. The molecule has 3 N–H and O–H groups in total. The highest BCUT2D eigenvalue weighted by atomic mass is 19.1. The van der Waals surface area contributed by atoms with Crippen LogP contribution in [-0.4, -0.2) is 26.2 Å². The minimum absolute atomic E-state index is 0.126. The summed E-state index contributed by atoms with van der Waals surface area (Å²) >= 11 is 0. The lowest BCUT2D eigenvalue weighted by Gasteiger charge is -2.06. The van der Waals surface area contributed by atoms with E-state index < -0.39 is 11.7 Å². The van der Waals surface area contributed by atoms with Gasteiger partial charge in [-0.25, -0.2) is 14.9 Å². The van der Waals surface area contributed by atoms with Crippen molar-refractivity contribution in [1.82, 2.24) is 15.4 Å². The summed E-state index contributed by atoms with van der Waals surface area (Å²) in [5.41, 5.74) is 3.10. The number of phenols is 1. The number of phenolic OH excluding ortho intramolecular Hbond substituents is 1. The van der Waals surface area contributed by atoms with Gasteiger partial charge in [0.15, 0.2) is 0 Å². The van der Waals surface area contributed by atoms with E-state index in [2.05, 4.69) is 9.97 Å². The summed E-state index contributed by atoms with van der Waals surface area (Å²) in [6.07, 6.45) is 1.41. The van der Waals surface area contributed by atoms with Gasteiger partial charge < -0.3 is 5.11 Å². The van der Waals surface area contributed by atoms with E-state index in [4.69, 9.17) is 5.21 Å². The number of aromatic nitrogens is 2. The molecule has 7 heteroatoms. The van der Waals surface area contributed by atoms with Crippen molar-refractivity contribution in [3.63, 3.8) is 0 Å². The number of hydroxylamine groups is 1. The molecule has 0 unspecified atom stereocenters. The van der Waals surface area contributed by atoms with E-state index in [1.165, 1.54) is 29.9 Å². The average molecular weight is 299 g/mol. The molecule has 1 amide bonds. The van der Waals surface area contributed by atoms with Crippen LogP contribution in [0.1, 0.15) is 10.4 Å². The lowest BCUT2D eigenvalue weighted by atomic mass is 10.1. The highest BCUT2D eigenvalue weighted by molar-refractivity contribution is 5.96. The van der Waals surface area contributed by atoms with Gasteiger partial charge in [-0.3, -0.25) is 15.0 Å². The van der Waals surface area contributed by atoms with Crippen LogP contribution in [-0.2, 0) is 0 Å². The van der Waals surface area contributed by atoms with Crippen molar-refractivity contribution in [2.75, 3.05) is 0 Å². The molecular formula is C15H10FN3O3. The van der Waals surface area contributed by atoms with E-state index in [1.807, 2.05) is 0 Å². The van der Waals surface area contributed by atoms with E-state index in [0.717, 1.165) is 12.1 Å². The number of benzene rings is 2. The molecule has 3 rings (SSSR count). The molecule has 0 spiro atoms. The molecule has 2 aromatic carbocycles. The van der Waals surface area contributed by atoms with Gasteiger partial charge in [-0.1, -0.05) is 0 Å². The Balaban J connectivity index is 2.15. The van der Waals surface area contributed by atoms with Crippen LogP contribution in [0.25, 0.3) is 22.3 Å². The number of halogens is 1. The largest absolute Gasteiger partial charge is 0.507 e. The van der Waals surface area contributed by atoms with Gasteiger partial charge in [-0.05, 0) is 36.4 Å². The third-order valence-electron chi connectivity index (χ3n) is 3.14. The Morgan fingerprint density at radius 3 is 2.73 bits per heavy atom. The maximum absolute atomic E-state index is 13.3. The molecule has 0 aliphatic rings. The summed E-state index contributed by atoms with van der Waals surface area (Å²) in [6, 6.07) is 8.01. The minimum atomic E-state index is -0.678. The average Bonchev–Trinajstić information content (AvgIpc) is 2.55. The molecule has 0 saturated heterocycles. The standard InChI is InChI=1S/C15H10FN3O3/c16-9-2-4-14(20)10(6-9)13-7-17-11-3-1-8(15(21)19-22)5-12(11)18-13/h1-7,20,22H,(H,19,21). The fourth-order valence-corrected chi connectivity index (χ4v) is 2.06. The molecule has 3 aromatic rings. The fourth-order valence-electron chi connectivity index (χ4n) is 2.06. The molecule has 0 bridgehead atoms. The zero-order valence-electron chi connectivity index (χ0n) is 11.1. The Labute approximate surface area is 123 Å². The molecule has 0 radical (unpaired) electrons.